The standard InChI is InChI=1S/C32H38N8O14S2/c33-19(29(50)51)5-7-22(41)39-21(27(48)37-13-24(43)44)15-55-56-16-32(31(54)38-14-25(45)46,26(47)17-3-1-9-35-11-17)40(23(42)8-6-20(34)30(52)53)28(49)18-4-2-10-36-12-18/h1-4,9-12,19-21H,5-8,13-16,33-34H2,(H,37,48)(H,38,54)(H,39,41)(H,43,44)(H,45,46)(H,50,51)(H,52,53)/t19-,20-,21-,32+/m0/s1. The molecule has 0 aliphatic rings. The van der Waals surface area contributed by atoms with E-state index >= 15 is 0 Å². The van der Waals surface area contributed by atoms with E-state index < -0.39 is 127 Å². The molecule has 4 atom stereocenters. The molecular formula is C32H38N8O14S2. The van der Waals surface area contributed by atoms with Crippen molar-refractivity contribution < 1.29 is 68.4 Å². The number of nitrogens with one attached hydrogen (secondary N) is 3. The second kappa shape index (κ2) is 22.4. The van der Waals surface area contributed by atoms with Crippen LogP contribution in [0.1, 0.15) is 46.4 Å². The maximum atomic E-state index is 14.6. The Morgan fingerprint density at radius 2 is 1.29 bits per heavy atom. The van der Waals surface area contributed by atoms with Crippen LogP contribution in [0.3, 0.4) is 0 Å². The van der Waals surface area contributed by atoms with Gasteiger partial charge in [-0.05, 0) is 37.1 Å². The van der Waals surface area contributed by atoms with Crippen LogP contribution in [0, 0.1) is 0 Å². The SMILES string of the molecule is N[C@@H](CCC(=O)N[C@@H](CSSC[C@](C(=O)NCC(=O)O)(C(=O)c1cccnc1)N(C(=O)CC[C@H](N)C(=O)O)C(=O)c1cccnc1)C(=O)NCC(=O)O)C(=O)O. The number of aliphatic carboxylic acids is 4. The molecule has 0 aliphatic heterocycles. The second-order valence-corrected chi connectivity index (χ2v) is 14.0. The van der Waals surface area contributed by atoms with Crippen LogP contribution in [0.5, 0.6) is 0 Å². The van der Waals surface area contributed by atoms with E-state index in [1.165, 1.54) is 36.7 Å². The van der Waals surface area contributed by atoms with E-state index in [9.17, 15) is 58.2 Å². The number of nitrogens with zero attached hydrogens (tertiary/aromatic N) is 3. The maximum absolute atomic E-state index is 14.6. The Morgan fingerprint density at radius 3 is 1.80 bits per heavy atom. The van der Waals surface area contributed by atoms with Gasteiger partial charge < -0.3 is 47.8 Å². The quantitative estimate of drug-likeness (QED) is 0.0233. The van der Waals surface area contributed by atoms with Gasteiger partial charge in [-0.15, -0.1) is 0 Å². The van der Waals surface area contributed by atoms with E-state index in [0.29, 0.717) is 21.6 Å². The molecule has 2 heterocycles. The zero-order valence-electron chi connectivity index (χ0n) is 29.2. The summed E-state index contributed by atoms with van der Waals surface area (Å²) in [6.07, 6.45) is 2.38. The molecule has 0 saturated heterocycles. The Labute approximate surface area is 324 Å². The van der Waals surface area contributed by atoms with Crippen molar-refractivity contribution in [1.82, 2.24) is 30.8 Å². The minimum absolute atomic E-state index is 0.267. The lowest BCUT2D eigenvalue weighted by Gasteiger charge is -2.40. The van der Waals surface area contributed by atoms with Crippen molar-refractivity contribution in [2.45, 2.75) is 49.3 Å². The van der Waals surface area contributed by atoms with Crippen LogP contribution in [-0.4, -0.2) is 143 Å². The van der Waals surface area contributed by atoms with E-state index in [4.69, 9.17) is 21.7 Å². The fourth-order valence-electron chi connectivity index (χ4n) is 4.56. The van der Waals surface area contributed by atoms with Gasteiger partial charge in [0.2, 0.25) is 29.0 Å². The van der Waals surface area contributed by atoms with Crippen LogP contribution in [0.4, 0.5) is 0 Å². The van der Waals surface area contributed by atoms with Gasteiger partial charge in [-0.3, -0.25) is 62.8 Å². The number of Topliss-reactive ketones (excluding diaryl/α,β-unsaturated/α-hetero) is 1. The molecule has 302 valence electrons. The van der Waals surface area contributed by atoms with Gasteiger partial charge in [0, 0.05) is 54.7 Å². The van der Waals surface area contributed by atoms with Gasteiger partial charge in [0.25, 0.3) is 11.8 Å². The third-order valence-corrected chi connectivity index (χ3v) is 9.89. The van der Waals surface area contributed by atoms with E-state index in [2.05, 4.69) is 20.6 Å². The summed E-state index contributed by atoms with van der Waals surface area (Å²) in [5.41, 5.74) is 7.42. The van der Waals surface area contributed by atoms with E-state index in [-0.39, 0.29) is 22.4 Å². The first-order chi connectivity index (χ1) is 26.4. The Bertz CT molecular complexity index is 1790. The van der Waals surface area contributed by atoms with Crippen molar-refractivity contribution in [1.29, 1.82) is 0 Å². The molecule has 24 heteroatoms. The zero-order valence-corrected chi connectivity index (χ0v) is 30.8. The summed E-state index contributed by atoms with van der Waals surface area (Å²) in [6, 6.07) is 0.430. The lowest BCUT2D eigenvalue weighted by atomic mass is 9.87. The number of aromatic nitrogens is 2. The summed E-state index contributed by atoms with van der Waals surface area (Å²) in [5, 5.41) is 43.2. The van der Waals surface area contributed by atoms with Crippen LogP contribution in [-0.2, 0) is 38.4 Å². The first-order valence-corrected chi connectivity index (χ1v) is 18.6. The number of carboxylic acid groups (broad SMARTS) is 4. The van der Waals surface area contributed by atoms with Crippen molar-refractivity contribution in [3.05, 3.63) is 60.2 Å². The van der Waals surface area contributed by atoms with Gasteiger partial charge in [0.15, 0.2) is 0 Å². The lowest BCUT2D eigenvalue weighted by Crippen LogP contribution is -2.68. The number of amides is 5. The number of imide groups is 1. The number of hydrogen-bond donors (Lipinski definition) is 9. The molecule has 0 aromatic carbocycles. The smallest absolute Gasteiger partial charge is 0.322 e. The molecule has 0 fully saturated rings. The molecule has 5 amide bonds. The average molecular weight is 823 g/mol. The molecule has 56 heavy (non-hydrogen) atoms. The van der Waals surface area contributed by atoms with Crippen LogP contribution >= 0.6 is 21.6 Å². The van der Waals surface area contributed by atoms with Gasteiger partial charge in [-0.2, -0.15) is 0 Å². The Morgan fingerprint density at radius 1 is 0.750 bits per heavy atom. The number of carbonyl (C=O) groups excluding carboxylic acids is 6. The normalized spacial score (nSPS) is 13.4. The van der Waals surface area contributed by atoms with Gasteiger partial charge >= 0.3 is 23.9 Å². The number of hydrogen-bond acceptors (Lipinski definition) is 16. The Kier molecular flexibility index (Phi) is 18.5. The molecule has 0 spiro atoms. The highest BCUT2D eigenvalue weighted by Crippen LogP contribution is 2.35. The van der Waals surface area contributed by atoms with Crippen molar-refractivity contribution >= 4 is 80.8 Å². The highest BCUT2D eigenvalue weighted by molar-refractivity contribution is 8.76. The number of rotatable bonds is 24. The molecule has 0 saturated carbocycles. The summed E-state index contributed by atoms with van der Waals surface area (Å²) in [5.74, 6) is -14.3. The van der Waals surface area contributed by atoms with Gasteiger partial charge in [0.1, 0.15) is 31.2 Å². The number of pyridine rings is 2. The van der Waals surface area contributed by atoms with E-state index in [0.717, 1.165) is 12.4 Å². The Balaban J connectivity index is 2.68. The molecule has 11 N–H and O–H groups in total. The molecule has 0 radical (unpaired) electrons. The third kappa shape index (κ3) is 13.7. The van der Waals surface area contributed by atoms with Crippen molar-refractivity contribution in [2.75, 3.05) is 24.6 Å². The van der Waals surface area contributed by atoms with Gasteiger partial charge in [-0.1, -0.05) is 21.6 Å². The third-order valence-electron chi connectivity index (χ3n) is 7.46. The van der Waals surface area contributed by atoms with Crippen LogP contribution in [0.15, 0.2) is 49.1 Å². The summed E-state index contributed by atoms with van der Waals surface area (Å²) >= 11 is 0. The molecular weight excluding hydrogens is 785 g/mol. The minimum Gasteiger partial charge on any atom is -0.480 e. The lowest BCUT2D eigenvalue weighted by molar-refractivity contribution is -0.143. The summed E-state index contributed by atoms with van der Waals surface area (Å²) < 4.78 is 0. The maximum Gasteiger partial charge on any atom is 0.322 e. The van der Waals surface area contributed by atoms with E-state index in [1.54, 1.807) is 0 Å². The highest BCUT2D eigenvalue weighted by Gasteiger charge is 2.56. The summed E-state index contributed by atoms with van der Waals surface area (Å²) in [4.78, 5) is 136. The van der Waals surface area contributed by atoms with Crippen LogP contribution in [0.25, 0.3) is 0 Å². The summed E-state index contributed by atoms with van der Waals surface area (Å²) in [7, 11) is 1.28. The number of carboxylic acids is 4. The first kappa shape index (κ1) is 46.2. The monoisotopic (exact) mass is 822 g/mol. The van der Waals surface area contributed by atoms with Crippen molar-refractivity contribution in [2.24, 2.45) is 11.5 Å². The molecule has 2 rings (SSSR count). The largest absolute Gasteiger partial charge is 0.480 e. The number of ketones is 1. The number of carbonyl (C=O) groups is 10. The van der Waals surface area contributed by atoms with Gasteiger partial charge in [-0.25, -0.2) is 0 Å². The number of nitrogens with two attached hydrogens (primary N) is 2. The molecule has 2 aromatic rings. The predicted molar refractivity (Wildman–Crippen MR) is 195 cm³/mol. The van der Waals surface area contributed by atoms with Crippen molar-refractivity contribution in [3.8, 4) is 0 Å². The Hall–Kier alpha value is -5.98. The summed E-state index contributed by atoms with van der Waals surface area (Å²) in [6.45, 7) is -1.96. The minimum atomic E-state index is -2.97. The van der Waals surface area contributed by atoms with Crippen LogP contribution in [0.2, 0.25) is 0 Å². The molecule has 2 aromatic heterocycles. The fraction of sp³-hybridized carbons (Fsp3) is 0.375. The predicted octanol–water partition coefficient (Wildman–Crippen LogP) is -2.28. The topological polar surface area (TPSA) is 369 Å². The van der Waals surface area contributed by atoms with Crippen LogP contribution < -0.4 is 27.4 Å². The first-order valence-electron chi connectivity index (χ1n) is 16.1. The highest BCUT2D eigenvalue weighted by atomic mass is 33.1. The molecule has 0 unspecified atom stereocenters. The molecule has 0 aliphatic carbocycles. The zero-order chi connectivity index (χ0) is 42.0. The van der Waals surface area contributed by atoms with Crippen molar-refractivity contribution in [3.63, 3.8) is 0 Å². The fourth-order valence-corrected chi connectivity index (χ4v) is 7.13. The second-order valence-electron chi connectivity index (χ2n) is 11.5. The molecule has 0 bridgehead atoms. The molecule has 22 nitrogen and oxygen atoms in total. The average Bonchev–Trinajstić information content (AvgIpc) is 3.17. The van der Waals surface area contributed by atoms with Gasteiger partial charge in [0.05, 0.1) is 5.56 Å². The van der Waals surface area contributed by atoms with E-state index in [1.807, 2.05) is 5.32 Å².